The second-order valence-electron chi connectivity index (χ2n) is 8.35. The Balaban J connectivity index is 1.60. The molecule has 0 aromatic heterocycles. The van der Waals surface area contributed by atoms with E-state index in [4.69, 9.17) is 0 Å². The molecule has 0 radical (unpaired) electrons. The lowest BCUT2D eigenvalue weighted by Gasteiger charge is -2.39. The van der Waals surface area contributed by atoms with E-state index < -0.39 is 14.8 Å². The van der Waals surface area contributed by atoms with E-state index in [2.05, 4.69) is 4.90 Å². The summed E-state index contributed by atoms with van der Waals surface area (Å²) in [6.07, 6.45) is 1.13. The van der Waals surface area contributed by atoms with E-state index >= 15 is 0 Å². The maximum atomic E-state index is 13.6. The van der Waals surface area contributed by atoms with Crippen molar-refractivity contribution in [2.45, 2.75) is 38.0 Å². The maximum Gasteiger partial charge on any atom is 0.245 e. The molecule has 0 aliphatic carbocycles. The average Bonchev–Trinajstić information content (AvgIpc) is 2.82. The van der Waals surface area contributed by atoms with Crippen LogP contribution < -0.4 is 4.31 Å². The number of likely N-dealkylation sites (tertiary alicyclic amines) is 1. The molecule has 0 saturated carbocycles. The van der Waals surface area contributed by atoms with Gasteiger partial charge in [0.1, 0.15) is 10.6 Å². The summed E-state index contributed by atoms with van der Waals surface area (Å²) in [5, 5.41) is 0. The standard InChI is InChI=1S/C22H27FN2O2S/c1-17(2)15-25-21-9-4-3-8-20(21)22(28(25,26)27)10-12-24(13-11-22)16-18-6-5-7-19(23)14-18/h3-9,14,17H,10-13,15-16H2,1-2H3. The van der Waals surface area contributed by atoms with E-state index in [9.17, 15) is 12.8 Å². The molecule has 0 atom stereocenters. The molecule has 1 fully saturated rings. The second kappa shape index (κ2) is 7.16. The van der Waals surface area contributed by atoms with Crippen LogP contribution in [-0.2, 0) is 21.3 Å². The summed E-state index contributed by atoms with van der Waals surface area (Å²) in [6, 6.07) is 14.4. The van der Waals surface area contributed by atoms with E-state index in [1.54, 1.807) is 16.4 Å². The van der Waals surface area contributed by atoms with Crippen molar-refractivity contribution in [3.8, 4) is 0 Å². The van der Waals surface area contributed by atoms with Crippen LogP contribution in [-0.4, -0.2) is 33.0 Å². The highest BCUT2D eigenvalue weighted by Crippen LogP contribution is 2.52. The molecule has 0 N–H and O–H groups in total. The Hall–Kier alpha value is -1.92. The summed E-state index contributed by atoms with van der Waals surface area (Å²) >= 11 is 0. The van der Waals surface area contributed by atoms with Crippen molar-refractivity contribution in [3.05, 3.63) is 65.5 Å². The van der Waals surface area contributed by atoms with Gasteiger partial charge in [-0.15, -0.1) is 0 Å². The largest absolute Gasteiger partial charge is 0.299 e. The summed E-state index contributed by atoms with van der Waals surface area (Å²) in [5.74, 6) is 0.0219. The van der Waals surface area contributed by atoms with Gasteiger partial charge in [0.25, 0.3) is 0 Å². The van der Waals surface area contributed by atoms with Crippen molar-refractivity contribution in [3.63, 3.8) is 0 Å². The van der Waals surface area contributed by atoms with Crippen LogP contribution >= 0.6 is 0 Å². The molecule has 2 aliphatic heterocycles. The maximum absolute atomic E-state index is 13.6. The van der Waals surface area contributed by atoms with Crippen LogP contribution in [0.5, 0.6) is 0 Å². The summed E-state index contributed by atoms with van der Waals surface area (Å²) in [4.78, 5) is 2.23. The zero-order valence-electron chi connectivity index (χ0n) is 16.4. The van der Waals surface area contributed by atoms with Crippen molar-refractivity contribution in [2.24, 2.45) is 5.92 Å². The molecule has 2 aromatic carbocycles. The highest BCUT2D eigenvalue weighted by atomic mass is 32.2. The Morgan fingerprint density at radius 2 is 1.79 bits per heavy atom. The van der Waals surface area contributed by atoms with Gasteiger partial charge in [-0.05, 0) is 48.1 Å². The predicted molar refractivity (Wildman–Crippen MR) is 110 cm³/mol. The first-order valence-electron chi connectivity index (χ1n) is 9.92. The van der Waals surface area contributed by atoms with Crippen molar-refractivity contribution in [1.82, 2.24) is 4.90 Å². The number of hydrogen-bond donors (Lipinski definition) is 0. The summed E-state index contributed by atoms with van der Waals surface area (Å²) in [6.45, 7) is 6.61. The number of piperidine rings is 1. The zero-order valence-corrected chi connectivity index (χ0v) is 17.3. The van der Waals surface area contributed by atoms with E-state index in [1.165, 1.54) is 6.07 Å². The second-order valence-corrected chi connectivity index (χ2v) is 10.5. The van der Waals surface area contributed by atoms with E-state index in [1.807, 2.05) is 44.2 Å². The quantitative estimate of drug-likeness (QED) is 0.772. The molecule has 2 heterocycles. The van der Waals surface area contributed by atoms with E-state index in [-0.39, 0.29) is 11.7 Å². The Morgan fingerprint density at radius 3 is 2.46 bits per heavy atom. The van der Waals surface area contributed by atoms with Crippen LogP contribution in [0.1, 0.15) is 37.8 Å². The first kappa shape index (κ1) is 19.4. The number of rotatable bonds is 4. The number of sulfonamides is 1. The fourth-order valence-corrected chi connectivity index (χ4v) is 7.06. The third-order valence-corrected chi connectivity index (χ3v) is 8.48. The number of para-hydroxylation sites is 1. The third-order valence-electron chi connectivity index (χ3n) is 5.94. The van der Waals surface area contributed by atoms with Crippen LogP contribution in [0.15, 0.2) is 48.5 Å². The topological polar surface area (TPSA) is 40.6 Å². The molecule has 150 valence electrons. The van der Waals surface area contributed by atoms with Crippen LogP contribution in [0.3, 0.4) is 0 Å². The Kier molecular flexibility index (Phi) is 4.96. The van der Waals surface area contributed by atoms with Gasteiger partial charge in [-0.3, -0.25) is 9.21 Å². The predicted octanol–water partition coefficient (Wildman–Crippen LogP) is 4.12. The minimum absolute atomic E-state index is 0.234. The van der Waals surface area contributed by atoms with Crippen LogP contribution in [0, 0.1) is 11.7 Å². The first-order valence-corrected chi connectivity index (χ1v) is 11.4. The highest BCUT2D eigenvalue weighted by Gasteiger charge is 2.56. The van der Waals surface area contributed by atoms with Crippen LogP contribution in [0.2, 0.25) is 0 Å². The van der Waals surface area contributed by atoms with Gasteiger partial charge in [0, 0.05) is 26.2 Å². The lowest BCUT2D eigenvalue weighted by Crippen LogP contribution is -2.48. The minimum Gasteiger partial charge on any atom is -0.299 e. The molecule has 2 aromatic rings. The van der Waals surface area contributed by atoms with Gasteiger partial charge in [-0.2, -0.15) is 0 Å². The number of fused-ring (bicyclic) bond motifs is 2. The molecule has 4 rings (SSSR count). The van der Waals surface area contributed by atoms with Crippen molar-refractivity contribution < 1.29 is 12.8 Å². The van der Waals surface area contributed by atoms with Crippen molar-refractivity contribution >= 4 is 15.7 Å². The van der Waals surface area contributed by atoms with Crippen LogP contribution in [0.25, 0.3) is 0 Å². The normalized spacial score (nSPS) is 20.6. The minimum atomic E-state index is -3.46. The van der Waals surface area contributed by atoms with E-state index in [0.717, 1.165) is 16.8 Å². The lowest BCUT2D eigenvalue weighted by molar-refractivity contribution is 0.189. The average molecular weight is 403 g/mol. The smallest absolute Gasteiger partial charge is 0.245 e. The Morgan fingerprint density at radius 1 is 1.07 bits per heavy atom. The number of hydrogen-bond acceptors (Lipinski definition) is 3. The fraction of sp³-hybridized carbons (Fsp3) is 0.455. The molecular formula is C22H27FN2O2S. The molecule has 4 nitrogen and oxygen atoms in total. The fourth-order valence-electron chi connectivity index (χ4n) is 4.58. The van der Waals surface area contributed by atoms with Gasteiger partial charge < -0.3 is 0 Å². The first-order chi connectivity index (χ1) is 13.3. The number of benzene rings is 2. The highest BCUT2D eigenvalue weighted by molar-refractivity contribution is 7.94. The third kappa shape index (κ3) is 3.12. The van der Waals surface area contributed by atoms with Crippen molar-refractivity contribution in [1.29, 1.82) is 0 Å². The molecular weight excluding hydrogens is 375 g/mol. The molecule has 2 aliphatic rings. The van der Waals surface area contributed by atoms with Gasteiger partial charge >= 0.3 is 0 Å². The molecule has 28 heavy (non-hydrogen) atoms. The monoisotopic (exact) mass is 402 g/mol. The number of nitrogens with zero attached hydrogens (tertiary/aromatic N) is 2. The number of anilines is 1. The van der Waals surface area contributed by atoms with Crippen LogP contribution in [0.4, 0.5) is 10.1 Å². The van der Waals surface area contributed by atoms with Gasteiger partial charge in [0.05, 0.1) is 5.69 Å². The number of halogens is 1. The van der Waals surface area contributed by atoms with Gasteiger partial charge in [0.2, 0.25) is 10.0 Å². The molecule has 6 heteroatoms. The zero-order chi connectivity index (χ0) is 19.9. The molecule has 0 bridgehead atoms. The SMILES string of the molecule is CC(C)CN1c2ccccc2C2(CCN(Cc3cccc(F)c3)CC2)S1(=O)=O. The summed E-state index contributed by atoms with van der Waals surface area (Å²) in [5.41, 5.74) is 2.71. The lowest BCUT2D eigenvalue weighted by atomic mass is 9.87. The van der Waals surface area contributed by atoms with E-state index in [0.29, 0.717) is 39.0 Å². The summed E-state index contributed by atoms with van der Waals surface area (Å²) in [7, 11) is -3.46. The van der Waals surface area contributed by atoms with Gasteiger partial charge in [-0.25, -0.2) is 12.8 Å². The Bertz CT molecular complexity index is 966. The molecule has 1 spiro atoms. The molecule has 0 unspecified atom stereocenters. The van der Waals surface area contributed by atoms with Crippen molar-refractivity contribution in [2.75, 3.05) is 23.9 Å². The molecule has 0 amide bonds. The molecule has 1 saturated heterocycles. The Labute approximate surface area is 167 Å². The van der Waals surface area contributed by atoms with Gasteiger partial charge in [-0.1, -0.05) is 44.2 Å². The summed E-state index contributed by atoms with van der Waals surface area (Å²) < 4.78 is 41.5. The van der Waals surface area contributed by atoms with Gasteiger partial charge in [0.15, 0.2) is 0 Å².